The van der Waals surface area contributed by atoms with Crippen molar-refractivity contribution in [2.45, 2.75) is 105 Å². The minimum absolute atomic E-state index is 0.0697. The summed E-state index contributed by atoms with van der Waals surface area (Å²) in [6.45, 7) is 17.3. The highest BCUT2D eigenvalue weighted by atomic mass is 16.3. The van der Waals surface area contributed by atoms with Gasteiger partial charge in [-0.2, -0.15) is 0 Å². The third-order valence-corrected chi connectivity index (χ3v) is 6.07. The Morgan fingerprint density at radius 1 is 0.600 bits per heavy atom. The maximum atomic E-state index is 10.9. The Labute approximate surface area is 184 Å². The molecule has 2 heteroatoms. The van der Waals surface area contributed by atoms with Crippen molar-refractivity contribution >= 4 is 0 Å². The van der Waals surface area contributed by atoms with Gasteiger partial charge in [-0.15, -0.1) is 0 Å². The molecule has 2 N–H and O–H groups in total. The van der Waals surface area contributed by atoms with Crippen LogP contribution in [-0.4, -0.2) is 10.2 Å². The van der Waals surface area contributed by atoms with E-state index in [9.17, 15) is 10.2 Å². The fourth-order valence-corrected chi connectivity index (χ4v) is 4.08. The Morgan fingerprint density at radius 2 is 0.933 bits per heavy atom. The van der Waals surface area contributed by atoms with Gasteiger partial charge in [-0.3, -0.25) is 0 Å². The predicted molar refractivity (Wildman–Crippen MR) is 129 cm³/mol. The van der Waals surface area contributed by atoms with Gasteiger partial charge in [0, 0.05) is 0 Å². The molecule has 0 radical (unpaired) electrons. The number of hydrogen-bond donors (Lipinski definition) is 2. The summed E-state index contributed by atoms with van der Waals surface area (Å²) in [4.78, 5) is 0. The van der Waals surface area contributed by atoms with E-state index >= 15 is 0 Å². The lowest BCUT2D eigenvalue weighted by Gasteiger charge is -2.24. The minimum Gasteiger partial charge on any atom is -0.507 e. The van der Waals surface area contributed by atoms with Crippen molar-refractivity contribution in [3.8, 4) is 11.5 Å². The average Bonchev–Trinajstić information content (AvgIpc) is 2.65. The van der Waals surface area contributed by atoms with Gasteiger partial charge in [0.15, 0.2) is 0 Å². The molecule has 0 unspecified atom stereocenters. The van der Waals surface area contributed by atoms with Gasteiger partial charge in [0.25, 0.3) is 0 Å². The van der Waals surface area contributed by atoms with Gasteiger partial charge in [-0.25, -0.2) is 0 Å². The Hall–Kier alpha value is -1.96. The van der Waals surface area contributed by atoms with E-state index in [0.29, 0.717) is 11.5 Å². The second kappa shape index (κ2) is 9.45. The van der Waals surface area contributed by atoms with E-state index in [-0.39, 0.29) is 10.8 Å². The Bertz CT molecular complexity index is 790. The normalized spacial score (nSPS) is 12.4. The van der Waals surface area contributed by atoms with Crippen molar-refractivity contribution in [3.05, 3.63) is 57.6 Å². The van der Waals surface area contributed by atoms with E-state index in [1.165, 1.54) is 11.1 Å². The molecule has 0 aliphatic heterocycles. The van der Waals surface area contributed by atoms with Gasteiger partial charge in [0.1, 0.15) is 11.5 Å². The Morgan fingerprint density at radius 3 is 1.20 bits per heavy atom. The highest BCUT2D eigenvalue weighted by molar-refractivity contribution is 5.48. The summed E-state index contributed by atoms with van der Waals surface area (Å²) in [5, 5.41) is 21.7. The third-order valence-electron chi connectivity index (χ3n) is 6.07. The van der Waals surface area contributed by atoms with Crippen molar-refractivity contribution in [2.24, 2.45) is 0 Å². The summed E-state index contributed by atoms with van der Waals surface area (Å²) >= 11 is 0. The largest absolute Gasteiger partial charge is 0.507 e. The fraction of sp³-hybridized carbons (Fsp3) is 0.571. The zero-order valence-electron chi connectivity index (χ0n) is 20.4. The molecule has 0 aliphatic carbocycles. The summed E-state index contributed by atoms with van der Waals surface area (Å²) < 4.78 is 0. The smallest absolute Gasteiger partial charge is 0.122 e. The highest BCUT2D eigenvalue weighted by Crippen LogP contribution is 2.37. The molecule has 0 aromatic heterocycles. The van der Waals surface area contributed by atoms with E-state index in [1.807, 2.05) is 0 Å². The number of hydrogen-bond acceptors (Lipinski definition) is 2. The van der Waals surface area contributed by atoms with E-state index in [4.69, 9.17) is 0 Å². The predicted octanol–water partition coefficient (Wildman–Crippen LogP) is 7.38. The van der Waals surface area contributed by atoms with Crippen LogP contribution in [0.15, 0.2) is 24.3 Å². The van der Waals surface area contributed by atoms with Gasteiger partial charge in [0.05, 0.1) is 0 Å². The van der Waals surface area contributed by atoms with Crippen LogP contribution >= 0.6 is 0 Å². The molecule has 0 spiro atoms. The molecule has 166 valence electrons. The zero-order chi connectivity index (χ0) is 22.7. The van der Waals surface area contributed by atoms with Crippen LogP contribution in [0.1, 0.15) is 102 Å². The second-order valence-corrected chi connectivity index (χ2v) is 10.7. The lowest BCUT2D eigenvalue weighted by Crippen LogP contribution is -2.13. The molecule has 0 fully saturated rings. The summed E-state index contributed by atoms with van der Waals surface area (Å²) in [5.74, 6) is 0.927. The maximum Gasteiger partial charge on any atom is 0.122 e. The molecule has 2 aromatic carbocycles. The van der Waals surface area contributed by atoms with Gasteiger partial charge in [-0.05, 0) is 82.7 Å². The number of aromatic hydroxyl groups is 2. The first kappa shape index (κ1) is 24.3. The van der Waals surface area contributed by atoms with E-state index in [1.54, 1.807) is 0 Å². The van der Waals surface area contributed by atoms with E-state index in [2.05, 4.69) is 79.7 Å². The molecule has 0 heterocycles. The molecule has 30 heavy (non-hydrogen) atoms. The van der Waals surface area contributed by atoms with E-state index in [0.717, 1.165) is 60.8 Å². The first-order chi connectivity index (χ1) is 13.9. The first-order valence-corrected chi connectivity index (χ1v) is 11.6. The first-order valence-electron chi connectivity index (χ1n) is 11.6. The van der Waals surface area contributed by atoms with Crippen LogP contribution in [0.2, 0.25) is 0 Å². The van der Waals surface area contributed by atoms with E-state index < -0.39 is 0 Å². The summed E-state index contributed by atoms with van der Waals surface area (Å²) in [6, 6.07) is 8.64. The van der Waals surface area contributed by atoms with Gasteiger partial charge in [0.2, 0.25) is 0 Å². The number of benzene rings is 2. The molecule has 0 atom stereocenters. The maximum absolute atomic E-state index is 10.9. The molecular weight excluding hydrogens is 368 g/mol. The number of unbranched alkanes of at least 4 members (excludes halogenated alkanes) is 1. The molecular formula is C28H42O2. The number of rotatable bonds is 7. The van der Waals surface area contributed by atoms with Crippen molar-refractivity contribution in [1.82, 2.24) is 0 Å². The minimum atomic E-state index is -0.0697. The quantitative estimate of drug-likeness (QED) is 0.467. The lowest BCUT2D eigenvalue weighted by atomic mass is 9.82. The molecule has 0 aliphatic rings. The van der Waals surface area contributed by atoms with Crippen LogP contribution in [0.5, 0.6) is 11.5 Å². The van der Waals surface area contributed by atoms with Crippen LogP contribution in [0.4, 0.5) is 0 Å². The van der Waals surface area contributed by atoms with Gasteiger partial charge in [-0.1, -0.05) is 79.7 Å². The monoisotopic (exact) mass is 410 g/mol. The van der Waals surface area contributed by atoms with Gasteiger partial charge >= 0.3 is 0 Å². The molecule has 0 saturated heterocycles. The molecule has 2 nitrogen and oxygen atoms in total. The Balaban J connectivity index is 2.16. The molecule has 0 bridgehead atoms. The standard InChI is InChI=1S/C28H42O2/c1-9-19-15-21(25(29)23(17-19)27(3,4)5)13-11-12-14-22-16-20(10-2)18-24(26(22)30)28(6,7)8/h15-18,29-30H,9-14H2,1-8H3. The number of phenolic OH excluding ortho intramolecular Hbond substituents is 2. The summed E-state index contributed by atoms with van der Waals surface area (Å²) in [5.41, 5.74) is 6.63. The number of phenols is 2. The van der Waals surface area contributed by atoms with Gasteiger partial charge < -0.3 is 10.2 Å². The van der Waals surface area contributed by atoms with Crippen molar-refractivity contribution in [1.29, 1.82) is 0 Å². The highest BCUT2D eigenvalue weighted by Gasteiger charge is 2.22. The van der Waals surface area contributed by atoms with Crippen molar-refractivity contribution < 1.29 is 10.2 Å². The molecule has 0 amide bonds. The molecule has 2 rings (SSSR count). The summed E-state index contributed by atoms with van der Waals surface area (Å²) in [6.07, 6.45) is 5.66. The zero-order valence-corrected chi connectivity index (χ0v) is 20.4. The SMILES string of the molecule is CCc1cc(CCCCc2cc(CC)cc(C(C)(C)C)c2O)c(O)c(C(C)(C)C)c1. The van der Waals surface area contributed by atoms with Crippen LogP contribution < -0.4 is 0 Å². The Kier molecular flexibility index (Phi) is 7.66. The van der Waals surface area contributed by atoms with Crippen LogP contribution in [0.3, 0.4) is 0 Å². The third kappa shape index (κ3) is 5.80. The number of aryl methyl sites for hydroxylation is 4. The van der Waals surface area contributed by atoms with Crippen LogP contribution in [-0.2, 0) is 36.5 Å². The lowest BCUT2D eigenvalue weighted by molar-refractivity contribution is 0.435. The topological polar surface area (TPSA) is 40.5 Å². The van der Waals surface area contributed by atoms with Crippen molar-refractivity contribution in [3.63, 3.8) is 0 Å². The fourth-order valence-electron chi connectivity index (χ4n) is 4.08. The molecule has 0 saturated carbocycles. The van der Waals surface area contributed by atoms with Crippen LogP contribution in [0, 0.1) is 0 Å². The van der Waals surface area contributed by atoms with Crippen LogP contribution in [0.25, 0.3) is 0 Å². The average molecular weight is 411 g/mol. The van der Waals surface area contributed by atoms with Crippen molar-refractivity contribution in [2.75, 3.05) is 0 Å². The summed E-state index contributed by atoms with van der Waals surface area (Å²) in [7, 11) is 0. The second-order valence-electron chi connectivity index (χ2n) is 10.7. The molecule has 2 aromatic rings.